The molecule has 2 aliphatic rings. The predicted octanol–water partition coefficient (Wildman–Crippen LogP) is 0.497. The molecule has 1 amide bonds. The molecule has 2 aliphatic heterocycles. The third-order valence-corrected chi connectivity index (χ3v) is 6.55. The Balaban J connectivity index is 1.66. The van der Waals surface area contributed by atoms with E-state index in [1.807, 2.05) is 0 Å². The molecule has 8 heteroatoms. The molecule has 6 nitrogen and oxygen atoms in total. The van der Waals surface area contributed by atoms with Crippen molar-refractivity contribution in [1.82, 2.24) is 14.2 Å². The Morgan fingerprint density at radius 3 is 2.50 bits per heavy atom. The first kappa shape index (κ1) is 14.0. The van der Waals surface area contributed by atoms with Crippen LogP contribution in [0, 0.1) is 11.8 Å². The molecule has 0 unspecified atom stereocenters. The fraction of sp³-hybridized carbons (Fsp3) is 0.667. The van der Waals surface area contributed by atoms with E-state index in [0.29, 0.717) is 31.9 Å². The highest BCUT2D eigenvalue weighted by Gasteiger charge is 2.44. The minimum absolute atomic E-state index is 0.0365. The maximum absolute atomic E-state index is 12.2. The summed E-state index contributed by atoms with van der Waals surface area (Å²) in [6.45, 7) is 4.03. The Bertz CT molecular complexity index is 585. The summed E-state index contributed by atoms with van der Waals surface area (Å²) in [5.41, 5.74) is 2.15. The van der Waals surface area contributed by atoms with E-state index in [9.17, 15) is 13.2 Å². The monoisotopic (exact) mass is 315 g/mol. The summed E-state index contributed by atoms with van der Waals surface area (Å²) >= 11 is 1.41. The number of nitrogens with zero attached hydrogens (tertiary/aromatic N) is 3. The summed E-state index contributed by atoms with van der Waals surface area (Å²) in [6.07, 6.45) is 0. The number of hydrogen-bond acceptors (Lipinski definition) is 5. The minimum Gasteiger partial charge on any atom is -0.337 e. The lowest BCUT2D eigenvalue weighted by atomic mass is 10.0. The summed E-state index contributed by atoms with van der Waals surface area (Å²) < 4.78 is 25.3. The molecule has 0 saturated carbocycles. The zero-order chi connectivity index (χ0) is 14.3. The number of thiazole rings is 1. The van der Waals surface area contributed by atoms with Crippen LogP contribution in [0.1, 0.15) is 17.4 Å². The van der Waals surface area contributed by atoms with Gasteiger partial charge in [0, 0.05) is 31.6 Å². The number of sulfonamides is 1. The van der Waals surface area contributed by atoms with Crippen LogP contribution < -0.4 is 0 Å². The van der Waals surface area contributed by atoms with Crippen LogP contribution in [0.2, 0.25) is 0 Å². The van der Waals surface area contributed by atoms with Gasteiger partial charge in [0.1, 0.15) is 5.69 Å². The van der Waals surface area contributed by atoms with Crippen molar-refractivity contribution in [1.29, 1.82) is 0 Å². The number of carbonyl (C=O) groups is 1. The van der Waals surface area contributed by atoms with Gasteiger partial charge in [-0.3, -0.25) is 4.79 Å². The van der Waals surface area contributed by atoms with Gasteiger partial charge in [0.15, 0.2) is 0 Å². The zero-order valence-corrected chi connectivity index (χ0v) is 12.9. The Kier molecular flexibility index (Phi) is 3.55. The predicted molar refractivity (Wildman–Crippen MR) is 76.0 cm³/mol. The van der Waals surface area contributed by atoms with E-state index in [4.69, 9.17) is 0 Å². The van der Waals surface area contributed by atoms with Crippen LogP contribution in [-0.4, -0.2) is 60.4 Å². The van der Waals surface area contributed by atoms with Crippen molar-refractivity contribution < 1.29 is 13.2 Å². The highest BCUT2D eigenvalue weighted by molar-refractivity contribution is 7.89. The van der Waals surface area contributed by atoms with E-state index in [1.54, 1.807) is 27.0 Å². The van der Waals surface area contributed by atoms with Crippen molar-refractivity contribution in [2.45, 2.75) is 6.92 Å². The van der Waals surface area contributed by atoms with E-state index < -0.39 is 10.0 Å². The van der Waals surface area contributed by atoms with Gasteiger partial charge in [0.05, 0.1) is 11.3 Å². The van der Waals surface area contributed by atoms with Crippen LogP contribution in [0.15, 0.2) is 10.9 Å². The maximum Gasteiger partial charge on any atom is 0.273 e. The SMILES string of the molecule is CCS(=O)(=O)N1C[C@H]2CN(C(=O)c3cscn3)C[C@H]2C1. The average Bonchev–Trinajstić information content (AvgIpc) is 3.12. The second kappa shape index (κ2) is 5.09. The van der Waals surface area contributed by atoms with Gasteiger partial charge in [-0.1, -0.05) is 0 Å². The summed E-state index contributed by atoms with van der Waals surface area (Å²) in [5.74, 6) is 0.636. The van der Waals surface area contributed by atoms with Gasteiger partial charge in [-0.2, -0.15) is 0 Å². The van der Waals surface area contributed by atoms with E-state index >= 15 is 0 Å². The maximum atomic E-state index is 12.2. The van der Waals surface area contributed by atoms with Crippen LogP contribution in [0.5, 0.6) is 0 Å². The zero-order valence-electron chi connectivity index (χ0n) is 11.2. The molecule has 0 spiro atoms. The number of fused-ring (bicyclic) bond motifs is 1. The quantitative estimate of drug-likeness (QED) is 0.814. The third kappa shape index (κ3) is 2.36. The average molecular weight is 315 g/mol. The smallest absolute Gasteiger partial charge is 0.273 e. The van der Waals surface area contributed by atoms with E-state index in [-0.39, 0.29) is 23.5 Å². The fourth-order valence-electron chi connectivity index (χ4n) is 3.01. The molecule has 1 aromatic heterocycles. The van der Waals surface area contributed by atoms with Crippen LogP contribution in [0.25, 0.3) is 0 Å². The lowest BCUT2D eigenvalue weighted by Gasteiger charge is -2.20. The van der Waals surface area contributed by atoms with Crippen LogP contribution in [-0.2, 0) is 10.0 Å². The Hall–Kier alpha value is -0.990. The van der Waals surface area contributed by atoms with Gasteiger partial charge in [-0.15, -0.1) is 11.3 Å². The molecular formula is C12H17N3O3S2. The lowest BCUT2D eigenvalue weighted by molar-refractivity contribution is 0.0774. The van der Waals surface area contributed by atoms with Gasteiger partial charge in [-0.05, 0) is 18.8 Å². The number of likely N-dealkylation sites (tertiary alicyclic amines) is 1. The second-order valence-electron chi connectivity index (χ2n) is 5.32. The molecular weight excluding hydrogens is 298 g/mol. The topological polar surface area (TPSA) is 70.6 Å². The molecule has 2 atom stereocenters. The molecule has 20 heavy (non-hydrogen) atoms. The fourth-order valence-corrected chi connectivity index (χ4v) is 4.73. The van der Waals surface area contributed by atoms with Gasteiger partial charge >= 0.3 is 0 Å². The highest BCUT2D eigenvalue weighted by Crippen LogP contribution is 2.33. The normalized spacial score (nSPS) is 26.9. The number of aromatic nitrogens is 1. The lowest BCUT2D eigenvalue weighted by Crippen LogP contribution is -2.36. The van der Waals surface area contributed by atoms with Crippen molar-refractivity contribution in [3.05, 3.63) is 16.6 Å². The summed E-state index contributed by atoms with van der Waals surface area (Å²) in [7, 11) is -3.10. The van der Waals surface area contributed by atoms with Crippen LogP contribution in [0.4, 0.5) is 0 Å². The minimum atomic E-state index is -3.10. The summed E-state index contributed by atoms with van der Waals surface area (Å²) in [5, 5.41) is 1.75. The first-order valence-corrected chi connectivity index (χ1v) is 9.21. The molecule has 3 rings (SSSR count). The summed E-state index contributed by atoms with van der Waals surface area (Å²) in [6, 6.07) is 0. The molecule has 2 saturated heterocycles. The first-order chi connectivity index (χ1) is 9.51. The van der Waals surface area contributed by atoms with Crippen molar-refractivity contribution in [2.24, 2.45) is 11.8 Å². The molecule has 0 bridgehead atoms. The number of hydrogen-bond donors (Lipinski definition) is 0. The highest BCUT2D eigenvalue weighted by atomic mass is 32.2. The van der Waals surface area contributed by atoms with E-state index in [2.05, 4.69) is 4.98 Å². The molecule has 1 aromatic rings. The van der Waals surface area contributed by atoms with Crippen molar-refractivity contribution >= 4 is 27.3 Å². The Morgan fingerprint density at radius 2 is 2.00 bits per heavy atom. The van der Waals surface area contributed by atoms with E-state index in [1.165, 1.54) is 11.3 Å². The van der Waals surface area contributed by atoms with Gasteiger partial charge in [0.25, 0.3) is 5.91 Å². The van der Waals surface area contributed by atoms with Gasteiger partial charge in [0.2, 0.25) is 10.0 Å². The number of carbonyl (C=O) groups excluding carboxylic acids is 1. The molecule has 0 aromatic carbocycles. The molecule has 110 valence electrons. The number of amides is 1. The number of rotatable bonds is 3. The molecule has 0 radical (unpaired) electrons. The first-order valence-electron chi connectivity index (χ1n) is 6.66. The van der Waals surface area contributed by atoms with Gasteiger partial charge < -0.3 is 4.90 Å². The van der Waals surface area contributed by atoms with E-state index in [0.717, 1.165) is 0 Å². The Labute approximate surface area is 122 Å². The molecule has 0 aliphatic carbocycles. The standard InChI is InChI=1S/C12H17N3O3S2/c1-2-20(17,18)15-5-9-3-14(4-10(9)6-15)12(16)11-7-19-8-13-11/h7-10H,2-6H2,1H3/t9-,10+. The van der Waals surface area contributed by atoms with Crippen LogP contribution >= 0.6 is 11.3 Å². The summed E-state index contributed by atoms with van der Waals surface area (Å²) in [4.78, 5) is 18.1. The second-order valence-corrected chi connectivity index (χ2v) is 8.30. The third-order valence-electron chi connectivity index (χ3n) is 4.15. The molecule has 2 fully saturated rings. The van der Waals surface area contributed by atoms with Gasteiger partial charge in [-0.25, -0.2) is 17.7 Å². The molecule has 3 heterocycles. The van der Waals surface area contributed by atoms with Crippen molar-refractivity contribution in [3.63, 3.8) is 0 Å². The molecule has 0 N–H and O–H groups in total. The van der Waals surface area contributed by atoms with Crippen molar-refractivity contribution in [3.8, 4) is 0 Å². The van der Waals surface area contributed by atoms with Crippen LogP contribution in [0.3, 0.4) is 0 Å². The van der Waals surface area contributed by atoms with Crippen molar-refractivity contribution in [2.75, 3.05) is 31.9 Å². The largest absolute Gasteiger partial charge is 0.337 e. The Morgan fingerprint density at radius 1 is 1.35 bits per heavy atom.